The third-order valence-corrected chi connectivity index (χ3v) is 3.89. The summed E-state index contributed by atoms with van der Waals surface area (Å²) in [4.78, 5) is 9.89. The highest BCUT2D eigenvalue weighted by Gasteiger charge is 2.14. The summed E-state index contributed by atoms with van der Waals surface area (Å²) < 4.78 is 2.06. The molecule has 0 bridgehead atoms. The average Bonchev–Trinajstić information content (AvgIpc) is 2.80. The molecule has 0 aromatic carbocycles. The first kappa shape index (κ1) is 10.3. The van der Waals surface area contributed by atoms with E-state index in [4.69, 9.17) is 5.73 Å². The van der Waals surface area contributed by atoms with Crippen LogP contribution in [0, 0.1) is 6.92 Å². The Hall–Kier alpha value is -1.88. The van der Waals surface area contributed by atoms with Gasteiger partial charge in [0.05, 0.1) is 27.1 Å². The molecule has 0 amide bonds. The minimum Gasteiger partial charge on any atom is -0.391 e. The highest BCUT2D eigenvalue weighted by molar-refractivity contribution is 7.19. The summed E-state index contributed by atoms with van der Waals surface area (Å²) in [6.07, 6.45) is 3.59. The van der Waals surface area contributed by atoms with Gasteiger partial charge in [0.15, 0.2) is 5.82 Å². The van der Waals surface area contributed by atoms with Crippen LogP contribution in [0.2, 0.25) is 0 Å². The van der Waals surface area contributed by atoms with Crippen molar-refractivity contribution in [3.63, 3.8) is 0 Å². The summed E-state index contributed by atoms with van der Waals surface area (Å²) in [6, 6.07) is 3.91. The zero-order valence-electron chi connectivity index (χ0n) is 9.64. The smallest absolute Gasteiger partial charge is 0.151 e. The molecule has 0 fully saturated rings. The minimum atomic E-state index is 0.822. The van der Waals surface area contributed by atoms with Crippen molar-refractivity contribution in [2.45, 2.75) is 6.92 Å². The number of thiophene rings is 1. The Morgan fingerprint density at radius 3 is 2.88 bits per heavy atom. The monoisotopic (exact) mass is 244 g/mol. The molecule has 0 spiro atoms. The molecule has 0 aliphatic heterocycles. The number of aromatic nitrogens is 3. The summed E-state index contributed by atoms with van der Waals surface area (Å²) in [5.41, 5.74) is 8.99. The van der Waals surface area contributed by atoms with E-state index in [9.17, 15) is 0 Å². The van der Waals surface area contributed by atoms with Crippen LogP contribution in [0.15, 0.2) is 24.5 Å². The van der Waals surface area contributed by atoms with Gasteiger partial charge in [-0.25, -0.2) is 4.98 Å². The molecular weight excluding hydrogens is 232 g/mol. The number of rotatable bonds is 1. The fourth-order valence-electron chi connectivity index (χ4n) is 1.97. The third-order valence-electron chi connectivity index (χ3n) is 2.82. The molecule has 0 saturated carbocycles. The van der Waals surface area contributed by atoms with Crippen LogP contribution in [0.4, 0.5) is 5.00 Å². The maximum atomic E-state index is 5.83. The van der Waals surface area contributed by atoms with E-state index >= 15 is 0 Å². The predicted molar refractivity (Wildman–Crippen MR) is 71.0 cm³/mol. The maximum absolute atomic E-state index is 5.83. The zero-order chi connectivity index (χ0) is 12.0. The number of nitrogens with zero attached hydrogens (tertiary/aromatic N) is 3. The lowest BCUT2D eigenvalue weighted by Crippen LogP contribution is -1.91. The molecule has 0 saturated heterocycles. The van der Waals surface area contributed by atoms with Crippen molar-refractivity contribution >= 4 is 27.4 Å². The fourth-order valence-corrected chi connectivity index (χ4v) is 2.93. The van der Waals surface area contributed by atoms with E-state index in [-0.39, 0.29) is 0 Å². The first-order chi connectivity index (χ1) is 8.16. The average molecular weight is 244 g/mol. The van der Waals surface area contributed by atoms with Gasteiger partial charge >= 0.3 is 0 Å². The second kappa shape index (κ2) is 3.56. The van der Waals surface area contributed by atoms with Gasteiger partial charge in [-0.3, -0.25) is 4.98 Å². The Labute approximate surface area is 103 Å². The quantitative estimate of drug-likeness (QED) is 0.715. The third kappa shape index (κ3) is 1.51. The number of fused-ring (bicyclic) bond motifs is 1. The van der Waals surface area contributed by atoms with Crippen LogP contribution >= 0.6 is 11.3 Å². The van der Waals surface area contributed by atoms with Crippen molar-refractivity contribution < 1.29 is 0 Å². The van der Waals surface area contributed by atoms with E-state index in [1.165, 1.54) is 5.56 Å². The first-order valence-corrected chi connectivity index (χ1v) is 6.11. The topological polar surface area (TPSA) is 56.7 Å². The number of imidazole rings is 1. The molecule has 0 aliphatic rings. The molecular formula is C12H12N4S. The molecule has 3 heterocycles. The summed E-state index contributed by atoms with van der Waals surface area (Å²) in [7, 11) is 2.00. The number of nitrogens with two attached hydrogens (primary N) is 1. The molecule has 0 unspecified atom stereocenters. The molecule has 0 atom stereocenters. The maximum Gasteiger partial charge on any atom is 0.151 e. The lowest BCUT2D eigenvalue weighted by Gasteiger charge is -2.00. The van der Waals surface area contributed by atoms with Gasteiger partial charge < -0.3 is 10.3 Å². The SMILES string of the molecule is Cc1cc(N)sc1-c1nc2ccncc2n1C. The lowest BCUT2D eigenvalue weighted by molar-refractivity contribution is 0.958. The van der Waals surface area contributed by atoms with Crippen LogP contribution < -0.4 is 5.73 Å². The van der Waals surface area contributed by atoms with Crippen LogP contribution in [-0.4, -0.2) is 14.5 Å². The minimum absolute atomic E-state index is 0.822. The van der Waals surface area contributed by atoms with Gasteiger partial charge in [-0.1, -0.05) is 0 Å². The Morgan fingerprint density at radius 1 is 1.41 bits per heavy atom. The molecule has 86 valence electrons. The van der Waals surface area contributed by atoms with Gasteiger partial charge in [-0.15, -0.1) is 11.3 Å². The lowest BCUT2D eigenvalue weighted by atomic mass is 10.3. The Morgan fingerprint density at radius 2 is 2.24 bits per heavy atom. The van der Waals surface area contributed by atoms with E-state index in [1.54, 1.807) is 17.5 Å². The van der Waals surface area contributed by atoms with Crippen molar-refractivity contribution in [1.29, 1.82) is 0 Å². The molecule has 3 aromatic rings. The second-order valence-corrected chi connectivity index (χ2v) is 5.10. The fraction of sp³-hybridized carbons (Fsp3) is 0.167. The standard InChI is InChI=1S/C12H12N4S/c1-7-5-10(13)17-11(7)12-15-8-3-4-14-6-9(8)16(12)2/h3-6H,13H2,1-2H3. The van der Waals surface area contributed by atoms with Crippen LogP contribution in [0.3, 0.4) is 0 Å². The van der Waals surface area contributed by atoms with Crippen molar-refractivity contribution in [1.82, 2.24) is 14.5 Å². The van der Waals surface area contributed by atoms with E-state index in [2.05, 4.69) is 21.5 Å². The van der Waals surface area contributed by atoms with Crippen LogP contribution in [0.5, 0.6) is 0 Å². The Balaban J connectivity index is 2.31. The van der Waals surface area contributed by atoms with Crippen molar-refractivity contribution in [2.75, 3.05) is 5.73 Å². The number of nitrogen functional groups attached to an aromatic ring is 1. The van der Waals surface area contributed by atoms with E-state index in [0.717, 1.165) is 26.7 Å². The van der Waals surface area contributed by atoms with Crippen molar-refractivity contribution in [3.05, 3.63) is 30.1 Å². The van der Waals surface area contributed by atoms with Gasteiger partial charge in [0, 0.05) is 13.2 Å². The number of hydrogen-bond donors (Lipinski definition) is 1. The predicted octanol–water partition coefficient (Wildman–Crippen LogP) is 2.59. The molecule has 2 N–H and O–H groups in total. The molecule has 0 aliphatic carbocycles. The van der Waals surface area contributed by atoms with Crippen LogP contribution in [0.25, 0.3) is 21.7 Å². The molecule has 0 radical (unpaired) electrons. The number of pyridine rings is 1. The van der Waals surface area contributed by atoms with Gasteiger partial charge in [0.1, 0.15) is 0 Å². The van der Waals surface area contributed by atoms with Gasteiger partial charge in [0.2, 0.25) is 0 Å². The van der Waals surface area contributed by atoms with Crippen LogP contribution in [-0.2, 0) is 7.05 Å². The largest absolute Gasteiger partial charge is 0.391 e. The molecule has 4 nitrogen and oxygen atoms in total. The molecule has 3 rings (SSSR count). The van der Waals surface area contributed by atoms with Crippen molar-refractivity contribution in [3.8, 4) is 10.7 Å². The highest BCUT2D eigenvalue weighted by Crippen LogP contribution is 2.34. The van der Waals surface area contributed by atoms with Crippen LogP contribution in [0.1, 0.15) is 5.56 Å². The van der Waals surface area contributed by atoms with Gasteiger partial charge in [0.25, 0.3) is 0 Å². The van der Waals surface area contributed by atoms with E-state index in [0.29, 0.717) is 0 Å². The first-order valence-electron chi connectivity index (χ1n) is 5.29. The van der Waals surface area contributed by atoms with Crippen molar-refractivity contribution in [2.24, 2.45) is 7.05 Å². The molecule has 5 heteroatoms. The number of aryl methyl sites for hydroxylation is 2. The Kier molecular flexibility index (Phi) is 2.16. The van der Waals surface area contributed by atoms with E-state index in [1.807, 2.05) is 25.4 Å². The second-order valence-electron chi connectivity index (χ2n) is 4.02. The highest BCUT2D eigenvalue weighted by atomic mass is 32.1. The van der Waals surface area contributed by atoms with Gasteiger partial charge in [-0.2, -0.15) is 0 Å². The van der Waals surface area contributed by atoms with E-state index < -0.39 is 0 Å². The normalized spacial score (nSPS) is 11.2. The number of hydrogen-bond acceptors (Lipinski definition) is 4. The summed E-state index contributed by atoms with van der Waals surface area (Å²) >= 11 is 1.57. The number of anilines is 1. The summed E-state index contributed by atoms with van der Waals surface area (Å²) in [5.74, 6) is 0.951. The summed E-state index contributed by atoms with van der Waals surface area (Å²) in [5, 5.41) is 0.822. The summed E-state index contributed by atoms with van der Waals surface area (Å²) in [6.45, 7) is 2.06. The molecule has 17 heavy (non-hydrogen) atoms. The zero-order valence-corrected chi connectivity index (χ0v) is 10.5. The molecule has 3 aromatic heterocycles. The Bertz CT molecular complexity index is 696. The van der Waals surface area contributed by atoms with Gasteiger partial charge in [-0.05, 0) is 24.6 Å².